The van der Waals surface area contributed by atoms with Gasteiger partial charge in [-0.3, -0.25) is 0 Å². The molecule has 0 bridgehead atoms. The second-order valence-corrected chi connectivity index (χ2v) is 7.34. The van der Waals surface area contributed by atoms with Crippen LogP contribution in [0.2, 0.25) is 0 Å². The molecule has 2 aromatic rings. The van der Waals surface area contributed by atoms with E-state index >= 15 is 0 Å². The van der Waals surface area contributed by atoms with Crippen molar-refractivity contribution in [3.05, 3.63) is 76.4 Å². The minimum absolute atomic E-state index is 0. The quantitative estimate of drug-likeness (QED) is 0.529. The van der Waals surface area contributed by atoms with Gasteiger partial charge in [-0.2, -0.15) is 0 Å². The molecule has 0 N–H and O–H groups in total. The van der Waals surface area contributed by atoms with Crippen molar-refractivity contribution in [1.82, 2.24) is 4.90 Å². The Hall–Kier alpha value is -2.56. The fourth-order valence-corrected chi connectivity index (χ4v) is 3.91. The highest BCUT2D eigenvalue weighted by Crippen LogP contribution is 2.41. The standard InChI is InChI=1S/C24H25NO3.ClH/c1-25-13-11-18(12-14-25)24-20-6-4-3-5-19(20)16-28-22-9-7-17(15-21(22)24)8-10-23(26)27-2;/h3-10,15H,11-14,16H2,1-2H3;1H/b10-8+;. The van der Waals surface area contributed by atoms with E-state index in [9.17, 15) is 4.79 Å². The van der Waals surface area contributed by atoms with E-state index in [1.807, 2.05) is 12.1 Å². The molecule has 0 aromatic heterocycles. The van der Waals surface area contributed by atoms with E-state index < -0.39 is 0 Å². The van der Waals surface area contributed by atoms with Gasteiger partial charge < -0.3 is 14.4 Å². The maximum Gasteiger partial charge on any atom is 0.330 e. The van der Waals surface area contributed by atoms with Gasteiger partial charge in [0, 0.05) is 24.7 Å². The van der Waals surface area contributed by atoms with Crippen molar-refractivity contribution in [3.8, 4) is 5.75 Å². The summed E-state index contributed by atoms with van der Waals surface area (Å²) in [7, 11) is 3.56. The smallest absolute Gasteiger partial charge is 0.330 e. The number of likely N-dealkylation sites (tertiary alicyclic amines) is 1. The van der Waals surface area contributed by atoms with Crippen LogP contribution >= 0.6 is 12.4 Å². The molecule has 29 heavy (non-hydrogen) atoms. The van der Waals surface area contributed by atoms with Gasteiger partial charge in [-0.1, -0.05) is 35.9 Å². The number of rotatable bonds is 2. The van der Waals surface area contributed by atoms with Gasteiger partial charge >= 0.3 is 5.97 Å². The number of hydrogen-bond acceptors (Lipinski definition) is 4. The van der Waals surface area contributed by atoms with Gasteiger partial charge in [-0.05, 0) is 60.4 Å². The van der Waals surface area contributed by atoms with Crippen LogP contribution in [0.1, 0.15) is 35.1 Å². The molecule has 4 rings (SSSR count). The lowest BCUT2D eigenvalue weighted by atomic mass is 9.86. The number of hydrogen-bond donors (Lipinski definition) is 0. The van der Waals surface area contributed by atoms with E-state index in [2.05, 4.69) is 42.3 Å². The van der Waals surface area contributed by atoms with E-state index in [1.165, 1.54) is 35.5 Å². The van der Waals surface area contributed by atoms with Crippen molar-refractivity contribution in [2.45, 2.75) is 19.4 Å². The molecule has 5 heteroatoms. The molecule has 0 unspecified atom stereocenters. The fraction of sp³-hybridized carbons (Fsp3) is 0.292. The summed E-state index contributed by atoms with van der Waals surface area (Å²) in [5, 5.41) is 0. The van der Waals surface area contributed by atoms with Crippen molar-refractivity contribution < 1.29 is 14.3 Å². The first kappa shape index (κ1) is 21.2. The van der Waals surface area contributed by atoms with Gasteiger partial charge in [-0.15, -0.1) is 12.4 Å². The SMILES string of the molecule is COC(=O)/C=C/c1ccc2c(c1)C(=C1CCN(C)CC1)c1ccccc1CO2.Cl. The minimum Gasteiger partial charge on any atom is -0.488 e. The Bertz CT molecular complexity index is 954. The van der Waals surface area contributed by atoms with Crippen LogP contribution in [0, 0.1) is 0 Å². The highest BCUT2D eigenvalue weighted by molar-refractivity contribution is 5.90. The summed E-state index contributed by atoms with van der Waals surface area (Å²) in [6.45, 7) is 2.70. The normalized spacial score (nSPS) is 16.3. The third-order valence-electron chi connectivity index (χ3n) is 5.50. The van der Waals surface area contributed by atoms with Gasteiger partial charge in [0.25, 0.3) is 0 Å². The van der Waals surface area contributed by atoms with Crippen LogP contribution in [0.3, 0.4) is 0 Å². The van der Waals surface area contributed by atoms with Crippen LogP contribution in [0.4, 0.5) is 0 Å². The molecule has 2 aliphatic rings. The van der Waals surface area contributed by atoms with Crippen molar-refractivity contribution >= 4 is 30.0 Å². The highest BCUT2D eigenvalue weighted by atomic mass is 35.5. The van der Waals surface area contributed by atoms with Crippen molar-refractivity contribution in [2.75, 3.05) is 27.2 Å². The number of piperidine rings is 1. The number of nitrogens with zero attached hydrogens (tertiary/aromatic N) is 1. The van der Waals surface area contributed by atoms with Crippen LogP contribution in [0.5, 0.6) is 5.75 Å². The molecular formula is C24H26ClNO3. The predicted octanol–water partition coefficient (Wildman–Crippen LogP) is 4.71. The first-order valence-corrected chi connectivity index (χ1v) is 9.68. The number of methoxy groups -OCH3 is 1. The minimum atomic E-state index is -0.356. The zero-order chi connectivity index (χ0) is 19.5. The Morgan fingerprint density at radius 1 is 1.10 bits per heavy atom. The monoisotopic (exact) mass is 411 g/mol. The Morgan fingerprint density at radius 2 is 1.86 bits per heavy atom. The van der Waals surface area contributed by atoms with Gasteiger partial charge in [-0.25, -0.2) is 4.79 Å². The zero-order valence-electron chi connectivity index (χ0n) is 16.8. The molecule has 4 nitrogen and oxygen atoms in total. The molecule has 0 atom stereocenters. The average molecular weight is 412 g/mol. The maximum atomic E-state index is 11.5. The fourth-order valence-electron chi connectivity index (χ4n) is 3.91. The van der Waals surface area contributed by atoms with Crippen LogP contribution in [0.15, 0.2) is 54.1 Å². The molecule has 2 aliphatic heterocycles. The highest BCUT2D eigenvalue weighted by Gasteiger charge is 2.24. The molecule has 0 amide bonds. The molecule has 1 saturated heterocycles. The average Bonchev–Trinajstić information content (AvgIpc) is 2.89. The maximum absolute atomic E-state index is 11.5. The van der Waals surface area contributed by atoms with Crippen molar-refractivity contribution in [3.63, 3.8) is 0 Å². The summed E-state index contributed by atoms with van der Waals surface area (Å²) in [4.78, 5) is 13.9. The molecule has 1 fully saturated rings. The summed E-state index contributed by atoms with van der Waals surface area (Å²) in [5.41, 5.74) is 7.31. The summed E-state index contributed by atoms with van der Waals surface area (Å²) in [6.07, 6.45) is 5.36. The summed E-state index contributed by atoms with van der Waals surface area (Å²) in [6, 6.07) is 14.6. The number of esters is 1. The van der Waals surface area contributed by atoms with Gasteiger partial charge in [0.2, 0.25) is 0 Å². The van der Waals surface area contributed by atoms with E-state index in [1.54, 1.807) is 6.08 Å². The first-order valence-electron chi connectivity index (χ1n) is 9.68. The Labute approximate surface area is 178 Å². The second kappa shape index (κ2) is 9.29. The predicted molar refractivity (Wildman–Crippen MR) is 118 cm³/mol. The molecule has 2 aromatic carbocycles. The van der Waals surface area contributed by atoms with E-state index in [0.717, 1.165) is 42.8 Å². The van der Waals surface area contributed by atoms with Crippen LogP contribution in [0.25, 0.3) is 11.6 Å². The summed E-state index contributed by atoms with van der Waals surface area (Å²) < 4.78 is 10.9. The van der Waals surface area contributed by atoms with Crippen LogP contribution in [-0.2, 0) is 16.1 Å². The molecule has 152 valence electrons. The first-order chi connectivity index (χ1) is 13.7. The third kappa shape index (κ3) is 4.55. The number of carbonyl (C=O) groups excluding carboxylic acids is 1. The zero-order valence-corrected chi connectivity index (χ0v) is 17.6. The Balaban J connectivity index is 0.00000240. The van der Waals surface area contributed by atoms with Gasteiger partial charge in [0.15, 0.2) is 0 Å². The number of benzene rings is 2. The lowest BCUT2D eigenvalue weighted by molar-refractivity contribution is -0.134. The van der Waals surface area contributed by atoms with E-state index in [0.29, 0.717) is 6.61 Å². The molecule has 0 spiro atoms. The number of fused-ring (bicyclic) bond motifs is 2. The van der Waals surface area contributed by atoms with Crippen LogP contribution in [-0.4, -0.2) is 38.1 Å². The third-order valence-corrected chi connectivity index (χ3v) is 5.50. The van der Waals surface area contributed by atoms with E-state index in [4.69, 9.17) is 9.47 Å². The largest absolute Gasteiger partial charge is 0.488 e. The molecule has 0 radical (unpaired) electrons. The Kier molecular flexibility index (Phi) is 6.78. The van der Waals surface area contributed by atoms with Gasteiger partial charge in [0.05, 0.1) is 7.11 Å². The van der Waals surface area contributed by atoms with Crippen molar-refractivity contribution in [1.29, 1.82) is 0 Å². The number of carbonyl (C=O) groups is 1. The van der Waals surface area contributed by atoms with E-state index in [-0.39, 0.29) is 18.4 Å². The van der Waals surface area contributed by atoms with Crippen LogP contribution < -0.4 is 4.74 Å². The number of ether oxygens (including phenoxy) is 2. The molecular weight excluding hydrogens is 386 g/mol. The second-order valence-electron chi connectivity index (χ2n) is 7.34. The lowest BCUT2D eigenvalue weighted by Gasteiger charge is -2.27. The molecule has 2 heterocycles. The topological polar surface area (TPSA) is 38.8 Å². The summed E-state index contributed by atoms with van der Waals surface area (Å²) in [5.74, 6) is 0.540. The molecule has 0 saturated carbocycles. The Morgan fingerprint density at radius 3 is 2.62 bits per heavy atom. The lowest BCUT2D eigenvalue weighted by Crippen LogP contribution is -2.27. The van der Waals surface area contributed by atoms with Crippen molar-refractivity contribution in [2.24, 2.45) is 0 Å². The number of halogens is 1. The molecule has 0 aliphatic carbocycles. The van der Waals surface area contributed by atoms with Gasteiger partial charge in [0.1, 0.15) is 12.4 Å². The summed E-state index contributed by atoms with van der Waals surface area (Å²) >= 11 is 0.